The van der Waals surface area contributed by atoms with Crippen LogP contribution in [0.2, 0.25) is 0 Å². The maximum Gasteiger partial charge on any atom is 0.258 e. The fourth-order valence-corrected chi connectivity index (χ4v) is 1.57. The standard InChI is InChI=1S/C13H16N4O2/c1-17-8-10(7-16-17)6-15-13(18)9-19-12-4-2-3-11(14)5-12/h2-5,7-8H,6,9,14H2,1H3,(H,15,18). The quantitative estimate of drug-likeness (QED) is 0.775. The third-order valence-electron chi connectivity index (χ3n) is 2.48. The van der Waals surface area contributed by atoms with E-state index in [0.29, 0.717) is 18.0 Å². The minimum Gasteiger partial charge on any atom is -0.484 e. The van der Waals surface area contributed by atoms with E-state index in [-0.39, 0.29) is 12.5 Å². The third kappa shape index (κ3) is 4.02. The monoisotopic (exact) mass is 260 g/mol. The number of amides is 1. The van der Waals surface area contributed by atoms with Gasteiger partial charge in [0.15, 0.2) is 6.61 Å². The van der Waals surface area contributed by atoms with E-state index in [4.69, 9.17) is 10.5 Å². The van der Waals surface area contributed by atoms with Crippen LogP contribution in [0.3, 0.4) is 0 Å². The van der Waals surface area contributed by atoms with Gasteiger partial charge in [0.05, 0.1) is 6.20 Å². The molecule has 0 radical (unpaired) electrons. The fraction of sp³-hybridized carbons (Fsp3) is 0.231. The van der Waals surface area contributed by atoms with Crippen molar-refractivity contribution in [2.75, 3.05) is 12.3 Å². The topological polar surface area (TPSA) is 82.2 Å². The van der Waals surface area contributed by atoms with E-state index in [9.17, 15) is 4.79 Å². The van der Waals surface area contributed by atoms with Crippen molar-refractivity contribution in [2.45, 2.75) is 6.54 Å². The van der Waals surface area contributed by atoms with Gasteiger partial charge < -0.3 is 15.8 Å². The summed E-state index contributed by atoms with van der Waals surface area (Å²) < 4.78 is 7.01. The Balaban J connectivity index is 1.75. The van der Waals surface area contributed by atoms with Crippen molar-refractivity contribution < 1.29 is 9.53 Å². The van der Waals surface area contributed by atoms with E-state index in [1.807, 2.05) is 13.2 Å². The van der Waals surface area contributed by atoms with Gasteiger partial charge in [0.1, 0.15) is 5.75 Å². The molecule has 0 atom stereocenters. The van der Waals surface area contributed by atoms with Crippen molar-refractivity contribution >= 4 is 11.6 Å². The van der Waals surface area contributed by atoms with Crippen LogP contribution >= 0.6 is 0 Å². The Morgan fingerprint density at radius 2 is 2.37 bits per heavy atom. The van der Waals surface area contributed by atoms with Crippen LogP contribution in [0, 0.1) is 0 Å². The molecule has 1 aromatic carbocycles. The van der Waals surface area contributed by atoms with Crippen LogP contribution < -0.4 is 15.8 Å². The number of ether oxygens (including phenoxy) is 1. The first-order valence-electron chi connectivity index (χ1n) is 5.86. The summed E-state index contributed by atoms with van der Waals surface area (Å²) in [5.74, 6) is 0.391. The zero-order valence-corrected chi connectivity index (χ0v) is 10.7. The fourth-order valence-electron chi connectivity index (χ4n) is 1.57. The zero-order chi connectivity index (χ0) is 13.7. The molecule has 6 heteroatoms. The van der Waals surface area contributed by atoms with Crippen LogP contribution in [0.1, 0.15) is 5.56 Å². The van der Waals surface area contributed by atoms with Crippen molar-refractivity contribution in [1.29, 1.82) is 0 Å². The molecule has 0 unspecified atom stereocenters. The summed E-state index contributed by atoms with van der Waals surface area (Å²) in [6, 6.07) is 6.96. The molecule has 3 N–H and O–H groups in total. The molecule has 0 aliphatic rings. The molecule has 1 heterocycles. The molecule has 0 aliphatic carbocycles. The smallest absolute Gasteiger partial charge is 0.258 e. The second-order valence-electron chi connectivity index (χ2n) is 4.16. The molecule has 0 aliphatic heterocycles. The lowest BCUT2D eigenvalue weighted by Crippen LogP contribution is -2.28. The minimum atomic E-state index is -0.189. The van der Waals surface area contributed by atoms with Crippen LogP contribution in [0.5, 0.6) is 5.75 Å². The van der Waals surface area contributed by atoms with Gasteiger partial charge in [-0.05, 0) is 12.1 Å². The lowest BCUT2D eigenvalue weighted by atomic mass is 10.3. The van der Waals surface area contributed by atoms with E-state index >= 15 is 0 Å². The predicted molar refractivity (Wildman–Crippen MR) is 71.4 cm³/mol. The number of hydrogen-bond donors (Lipinski definition) is 2. The van der Waals surface area contributed by atoms with Gasteiger partial charge in [-0.2, -0.15) is 5.10 Å². The van der Waals surface area contributed by atoms with Gasteiger partial charge in [-0.25, -0.2) is 0 Å². The minimum absolute atomic E-state index is 0.0380. The van der Waals surface area contributed by atoms with Crippen LogP contribution in [0.15, 0.2) is 36.7 Å². The summed E-state index contributed by atoms with van der Waals surface area (Å²) in [5.41, 5.74) is 7.16. The van der Waals surface area contributed by atoms with Crippen LogP contribution in [0.4, 0.5) is 5.69 Å². The first-order valence-corrected chi connectivity index (χ1v) is 5.86. The Hall–Kier alpha value is -2.50. The number of anilines is 1. The second-order valence-corrected chi connectivity index (χ2v) is 4.16. The first-order chi connectivity index (χ1) is 9.13. The molecule has 6 nitrogen and oxygen atoms in total. The second kappa shape index (κ2) is 5.90. The van der Waals surface area contributed by atoms with Crippen LogP contribution in [-0.4, -0.2) is 22.3 Å². The maximum atomic E-state index is 11.6. The van der Waals surface area contributed by atoms with E-state index in [1.54, 1.807) is 35.1 Å². The predicted octanol–water partition coefficient (Wildman–Crippen LogP) is 0.697. The Morgan fingerprint density at radius 3 is 3.05 bits per heavy atom. The number of nitrogens with zero attached hydrogens (tertiary/aromatic N) is 2. The number of nitrogens with two attached hydrogens (primary N) is 1. The normalized spacial score (nSPS) is 10.2. The number of aromatic nitrogens is 2. The summed E-state index contributed by atoms with van der Waals surface area (Å²) in [5, 5.41) is 6.77. The number of benzene rings is 1. The Kier molecular flexibility index (Phi) is 4.02. The highest BCUT2D eigenvalue weighted by molar-refractivity contribution is 5.77. The largest absolute Gasteiger partial charge is 0.484 e. The van der Waals surface area contributed by atoms with Gasteiger partial charge in [-0.3, -0.25) is 9.48 Å². The molecule has 100 valence electrons. The highest BCUT2D eigenvalue weighted by atomic mass is 16.5. The lowest BCUT2D eigenvalue weighted by Gasteiger charge is -2.07. The van der Waals surface area contributed by atoms with Crippen LogP contribution in [-0.2, 0) is 18.4 Å². The van der Waals surface area contributed by atoms with Gasteiger partial charge in [-0.1, -0.05) is 6.07 Å². The molecular weight excluding hydrogens is 244 g/mol. The molecule has 1 aromatic heterocycles. The molecule has 1 amide bonds. The van der Waals surface area contributed by atoms with E-state index in [0.717, 1.165) is 5.56 Å². The highest BCUT2D eigenvalue weighted by Crippen LogP contribution is 2.13. The SMILES string of the molecule is Cn1cc(CNC(=O)COc2cccc(N)c2)cn1. The first kappa shape index (κ1) is 12.9. The number of nitrogen functional groups attached to an aromatic ring is 1. The molecule has 2 aromatic rings. The lowest BCUT2D eigenvalue weighted by molar-refractivity contribution is -0.123. The van der Waals surface area contributed by atoms with Gasteiger partial charge >= 0.3 is 0 Å². The van der Waals surface area contributed by atoms with Crippen molar-refractivity contribution in [1.82, 2.24) is 15.1 Å². The molecule has 0 fully saturated rings. The van der Waals surface area contributed by atoms with Crippen molar-refractivity contribution in [3.8, 4) is 5.75 Å². The molecular formula is C13H16N4O2. The maximum absolute atomic E-state index is 11.6. The molecule has 0 saturated heterocycles. The van der Waals surface area contributed by atoms with E-state index in [2.05, 4.69) is 10.4 Å². The number of aryl methyl sites for hydroxylation is 1. The Labute approximate surface area is 111 Å². The average Bonchev–Trinajstić information content (AvgIpc) is 2.80. The van der Waals surface area contributed by atoms with Gasteiger partial charge in [0.2, 0.25) is 0 Å². The molecule has 0 bridgehead atoms. The summed E-state index contributed by atoms with van der Waals surface area (Å²) in [7, 11) is 1.83. The molecule has 0 saturated carbocycles. The Morgan fingerprint density at radius 1 is 1.53 bits per heavy atom. The zero-order valence-electron chi connectivity index (χ0n) is 10.7. The summed E-state index contributed by atoms with van der Waals surface area (Å²) in [4.78, 5) is 11.6. The van der Waals surface area contributed by atoms with Crippen molar-refractivity contribution in [3.63, 3.8) is 0 Å². The van der Waals surface area contributed by atoms with Crippen LogP contribution in [0.25, 0.3) is 0 Å². The number of hydrogen-bond acceptors (Lipinski definition) is 4. The van der Waals surface area contributed by atoms with Gasteiger partial charge in [0, 0.05) is 37.1 Å². The summed E-state index contributed by atoms with van der Waals surface area (Å²) in [6.45, 7) is 0.399. The highest BCUT2D eigenvalue weighted by Gasteiger charge is 2.04. The number of carbonyl (C=O) groups is 1. The summed E-state index contributed by atoms with van der Waals surface area (Å²) >= 11 is 0. The number of nitrogens with one attached hydrogen (secondary N) is 1. The van der Waals surface area contributed by atoms with Crippen molar-refractivity contribution in [2.24, 2.45) is 7.05 Å². The Bertz CT molecular complexity index is 565. The molecule has 0 spiro atoms. The molecule has 2 rings (SSSR count). The molecule has 19 heavy (non-hydrogen) atoms. The number of rotatable bonds is 5. The third-order valence-corrected chi connectivity index (χ3v) is 2.48. The van der Waals surface area contributed by atoms with Gasteiger partial charge in [0.25, 0.3) is 5.91 Å². The van der Waals surface area contributed by atoms with E-state index < -0.39 is 0 Å². The summed E-state index contributed by atoms with van der Waals surface area (Å²) in [6.07, 6.45) is 3.55. The van der Waals surface area contributed by atoms with E-state index in [1.165, 1.54) is 0 Å². The number of carbonyl (C=O) groups excluding carboxylic acids is 1. The average molecular weight is 260 g/mol. The van der Waals surface area contributed by atoms with Gasteiger partial charge in [-0.15, -0.1) is 0 Å². The van der Waals surface area contributed by atoms with Crippen molar-refractivity contribution in [3.05, 3.63) is 42.2 Å².